The Morgan fingerprint density at radius 2 is 1.25 bits per heavy atom. The van der Waals surface area contributed by atoms with Crippen LogP contribution in [0, 0.1) is 0 Å². The summed E-state index contributed by atoms with van der Waals surface area (Å²) in [7, 11) is 0. The molecule has 7 nitrogen and oxygen atoms in total. The SMILES string of the molecule is O=C(Nc1cccc(CN2CCCN(Cc3cccc(O)c3)CC2)c1)c1ccc(-c2ccccc2)cc1.O=C(O)C(F)(F)F. The summed E-state index contributed by atoms with van der Waals surface area (Å²) in [5, 5.41) is 19.9. The monoisotopic (exact) mass is 605 g/mol. The number of carbonyl (C=O) groups is 2. The highest BCUT2D eigenvalue weighted by molar-refractivity contribution is 6.04. The molecule has 1 aliphatic heterocycles. The summed E-state index contributed by atoms with van der Waals surface area (Å²) in [6.45, 7) is 5.78. The van der Waals surface area contributed by atoms with Crippen molar-refractivity contribution in [2.45, 2.75) is 25.7 Å². The summed E-state index contributed by atoms with van der Waals surface area (Å²) in [6.07, 6.45) is -3.98. The molecule has 0 spiro atoms. The average Bonchev–Trinajstić information content (AvgIpc) is 3.22. The summed E-state index contributed by atoms with van der Waals surface area (Å²) in [4.78, 5) is 26.7. The Morgan fingerprint density at radius 3 is 1.82 bits per heavy atom. The lowest BCUT2D eigenvalue weighted by Gasteiger charge is -2.22. The second-order valence-electron chi connectivity index (χ2n) is 10.5. The number of anilines is 1. The average molecular weight is 606 g/mol. The lowest BCUT2D eigenvalue weighted by molar-refractivity contribution is -0.192. The van der Waals surface area contributed by atoms with Crippen molar-refractivity contribution in [1.29, 1.82) is 0 Å². The van der Waals surface area contributed by atoms with Crippen LogP contribution in [0.3, 0.4) is 0 Å². The molecule has 3 N–H and O–H groups in total. The lowest BCUT2D eigenvalue weighted by Crippen LogP contribution is -2.30. The van der Waals surface area contributed by atoms with Gasteiger partial charge >= 0.3 is 12.1 Å². The number of phenols is 1. The molecule has 1 fully saturated rings. The van der Waals surface area contributed by atoms with Crippen molar-refractivity contribution in [3.05, 3.63) is 120 Å². The number of nitrogens with zero attached hydrogens (tertiary/aromatic N) is 2. The maximum Gasteiger partial charge on any atom is 0.490 e. The first-order valence-corrected chi connectivity index (χ1v) is 14.2. The lowest BCUT2D eigenvalue weighted by atomic mass is 10.0. The molecule has 0 bridgehead atoms. The van der Waals surface area contributed by atoms with Crippen LogP contribution in [0.15, 0.2) is 103 Å². The molecule has 5 rings (SSSR count). The fourth-order valence-corrected chi connectivity index (χ4v) is 4.91. The van der Waals surface area contributed by atoms with E-state index in [1.165, 1.54) is 5.56 Å². The smallest absolute Gasteiger partial charge is 0.490 e. The summed E-state index contributed by atoms with van der Waals surface area (Å²) < 4.78 is 31.7. The number of aliphatic carboxylic acids is 1. The zero-order valence-corrected chi connectivity index (χ0v) is 24.0. The minimum atomic E-state index is -5.08. The Bertz CT molecular complexity index is 1530. The number of amides is 1. The highest BCUT2D eigenvalue weighted by atomic mass is 19.4. The van der Waals surface area contributed by atoms with Gasteiger partial charge < -0.3 is 15.5 Å². The predicted molar refractivity (Wildman–Crippen MR) is 163 cm³/mol. The number of rotatable bonds is 7. The van der Waals surface area contributed by atoms with E-state index in [4.69, 9.17) is 9.90 Å². The Kier molecular flexibility index (Phi) is 11.1. The quantitative estimate of drug-likeness (QED) is 0.218. The van der Waals surface area contributed by atoms with Crippen LogP contribution in [0.25, 0.3) is 11.1 Å². The van der Waals surface area contributed by atoms with Crippen molar-refractivity contribution in [1.82, 2.24) is 9.80 Å². The number of nitrogens with one attached hydrogen (secondary N) is 1. The maximum atomic E-state index is 12.9. The molecular formula is C34H34F3N3O4. The van der Waals surface area contributed by atoms with Gasteiger partial charge in [-0.05, 0) is 78.2 Å². The minimum absolute atomic E-state index is 0.103. The van der Waals surface area contributed by atoms with E-state index in [0.29, 0.717) is 11.3 Å². The van der Waals surface area contributed by atoms with Crippen molar-refractivity contribution in [2.75, 3.05) is 31.5 Å². The summed E-state index contributed by atoms with van der Waals surface area (Å²) in [5.74, 6) is -2.54. The van der Waals surface area contributed by atoms with Crippen molar-refractivity contribution in [2.24, 2.45) is 0 Å². The van der Waals surface area contributed by atoms with Crippen LogP contribution in [0.4, 0.5) is 18.9 Å². The second kappa shape index (κ2) is 15.2. The van der Waals surface area contributed by atoms with E-state index in [-0.39, 0.29) is 5.91 Å². The van der Waals surface area contributed by atoms with Gasteiger partial charge in [-0.25, -0.2) is 4.79 Å². The summed E-state index contributed by atoms with van der Waals surface area (Å²) in [6, 6.07) is 33.6. The van der Waals surface area contributed by atoms with E-state index in [9.17, 15) is 23.1 Å². The van der Waals surface area contributed by atoms with Crippen molar-refractivity contribution in [3.63, 3.8) is 0 Å². The maximum absolute atomic E-state index is 12.9. The molecule has 0 radical (unpaired) electrons. The van der Waals surface area contributed by atoms with Crippen molar-refractivity contribution < 1.29 is 33.0 Å². The number of alkyl halides is 3. The van der Waals surface area contributed by atoms with Crippen LogP contribution >= 0.6 is 0 Å². The molecule has 230 valence electrons. The standard InChI is InChI=1S/C32H33N3O2.C2HF3O2/c36-31-12-5-8-26(22-31)24-35-18-6-17-34(19-20-35)23-25-7-4-11-30(21-25)33-32(37)29-15-13-28(14-16-29)27-9-2-1-3-10-27;3-2(4,5)1(6)7/h1-5,7-16,21-22,36H,6,17-20,23-24H2,(H,33,37);(H,6,7). The minimum Gasteiger partial charge on any atom is -0.508 e. The molecule has 0 aromatic heterocycles. The molecule has 4 aromatic carbocycles. The van der Waals surface area contributed by atoms with Gasteiger partial charge in [-0.2, -0.15) is 13.2 Å². The van der Waals surface area contributed by atoms with Gasteiger partial charge in [0.15, 0.2) is 0 Å². The van der Waals surface area contributed by atoms with Gasteiger partial charge in [0.2, 0.25) is 0 Å². The first-order valence-electron chi connectivity index (χ1n) is 14.2. The largest absolute Gasteiger partial charge is 0.508 e. The zero-order chi connectivity index (χ0) is 31.5. The first kappa shape index (κ1) is 32.2. The number of phenolic OH excluding ortho intramolecular Hbond substituents is 1. The number of aromatic hydroxyl groups is 1. The van der Waals surface area contributed by atoms with Crippen LogP contribution in [0.1, 0.15) is 27.9 Å². The molecule has 0 atom stereocenters. The molecule has 4 aromatic rings. The Balaban J connectivity index is 0.000000566. The van der Waals surface area contributed by atoms with Gasteiger partial charge in [-0.3, -0.25) is 14.6 Å². The molecule has 1 aliphatic rings. The van der Waals surface area contributed by atoms with Crippen LogP contribution < -0.4 is 5.32 Å². The van der Waals surface area contributed by atoms with E-state index in [1.54, 1.807) is 6.07 Å². The molecule has 1 saturated heterocycles. The summed E-state index contributed by atoms with van der Waals surface area (Å²) >= 11 is 0. The normalized spacial score (nSPS) is 14.2. The molecule has 0 aliphatic carbocycles. The first-order chi connectivity index (χ1) is 21.1. The van der Waals surface area contributed by atoms with E-state index < -0.39 is 12.1 Å². The molecule has 1 amide bonds. The molecule has 44 heavy (non-hydrogen) atoms. The fraction of sp³-hybridized carbons (Fsp3) is 0.235. The molecular weight excluding hydrogens is 571 g/mol. The van der Waals surface area contributed by atoms with Crippen LogP contribution in [-0.2, 0) is 17.9 Å². The van der Waals surface area contributed by atoms with Gasteiger partial charge in [0.1, 0.15) is 5.75 Å². The molecule has 10 heteroatoms. The van der Waals surface area contributed by atoms with Crippen LogP contribution in [0.2, 0.25) is 0 Å². The number of carbonyl (C=O) groups excluding carboxylic acids is 1. The second-order valence-corrected chi connectivity index (χ2v) is 10.5. The number of benzene rings is 4. The zero-order valence-electron chi connectivity index (χ0n) is 24.0. The van der Waals surface area contributed by atoms with Crippen molar-refractivity contribution >= 4 is 17.6 Å². The molecule has 0 saturated carbocycles. The van der Waals surface area contributed by atoms with E-state index >= 15 is 0 Å². The topological polar surface area (TPSA) is 93.1 Å². The van der Waals surface area contributed by atoms with Crippen LogP contribution in [-0.4, -0.2) is 64.2 Å². The van der Waals surface area contributed by atoms with E-state index in [0.717, 1.165) is 68.1 Å². The molecule has 1 heterocycles. The number of carboxylic acid groups (broad SMARTS) is 1. The number of hydrogen-bond acceptors (Lipinski definition) is 5. The fourth-order valence-electron chi connectivity index (χ4n) is 4.91. The third-order valence-electron chi connectivity index (χ3n) is 7.09. The van der Waals surface area contributed by atoms with Crippen molar-refractivity contribution in [3.8, 4) is 16.9 Å². The third kappa shape index (κ3) is 9.96. The van der Waals surface area contributed by atoms with Gasteiger partial charge in [0.05, 0.1) is 0 Å². The van der Waals surface area contributed by atoms with Gasteiger partial charge in [-0.1, -0.05) is 66.7 Å². The van der Waals surface area contributed by atoms with Gasteiger partial charge in [0.25, 0.3) is 5.91 Å². The molecule has 0 unspecified atom stereocenters. The Morgan fingerprint density at radius 1 is 0.705 bits per heavy atom. The Labute approximate surface area is 254 Å². The van der Waals surface area contributed by atoms with Crippen LogP contribution in [0.5, 0.6) is 5.75 Å². The van der Waals surface area contributed by atoms with E-state index in [2.05, 4.69) is 45.4 Å². The highest BCUT2D eigenvalue weighted by Crippen LogP contribution is 2.21. The predicted octanol–water partition coefficient (Wildman–Crippen LogP) is 6.65. The number of hydrogen-bond donors (Lipinski definition) is 3. The van der Waals surface area contributed by atoms with Gasteiger partial charge in [0, 0.05) is 37.4 Å². The van der Waals surface area contributed by atoms with E-state index in [1.807, 2.05) is 66.7 Å². The highest BCUT2D eigenvalue weighted by Gasteiger charge is 2.38. The Hall–Kier alpha value is -4.67. The van der Waals surface area contributed by atoms with Gasteiger partial charge in [-0.15, -0.1) is 0 Å². The number of halogens is 3. The summed E-state index contributed by atoms with van der Waals surface area (Å²) in [5.41, 5.74) is 6.03. The number of carboxylic acids is 1. The third-order valence-corrected chi connectivity index (χ3v) is 7.09.